The maximum Gasteiger partial charge on any atom is 0.331 e. The number of aliphatic hydroxyl groups excluding tert-OH is 3. The summed E-state index contributed by atoms with van der Waals surface area (Å²) in [5.41, 5.74) is 19.7. The third-order valence-electron chi connectivity index (χ3n) is 20.8. The molecular formula is C111H118IrN4O10-2. The fraction of sp³-hybridized carbons (Fsp3) is 0.279. The van der Waals surface area contributed by atoms with E-state index >= 15 is 0 Å². The van der Waals surface area contributed by atoms with E-state index in [1.54, 1.807) is 0 Å². The van der Waals surface area contributed by atoms with Gasteiger partial charge in [-0.3, -0.25) is 4.79 Å². The fourth-order valence-corrected chi connectivity index (χ4v) is 12.9. The number of pyridine rings is 2. The summed E-state index contributed by atoms with van der Waals surface area (Å²) in [5, 5.41) is 38.1. The van der Waals surface area contributed by atoms with Gasteiger partial charge in [-0.2, -0.15) is 5.26 Å². The number of nitrogens with zero attached hydrogens (tertiary/aromatic N) is 4. The Labute approximate surface area is 760 Å². The molecule has 0 aliphatic rings. The molecule has 2 unspecified atom stereocenters. The van der Waals surface area contributed by atoms with E-state index in [9.17, 15) is 34.7 Å². The van der Waals surface area contributed by atoms with Gasteiger partial charge >= 0.3 is 17.9 Å². The van der Waals surface area contributed by atoms with Crippen LogP contribution in [-0.2, 0) is 66.3 Å². The van der Waals surface area contributed by atoms with E-state index in [4.69, 9.17) is 21.2 Å². The van der Waals surface area contributed by atoms with Crippen LogP contribution >= 0.6 is 0 Å². The van der Waals surface area contributed by atoms with Crippen LogP contribution in [0.5, 0.6) is 0 Å². The van der Waals surface area contributed by atoms with Crippen LogP contribution in [0.1, 0.15) is 216 Å². The van der Waals surface area contributed by atoms with Gasteiger partial charge in [-0.1, -0.05) is 312 Å². The second kappa shape index (κ2) is 55.7. The van der Waals surface area contributed by atoms with Crippen molar-refractivity contribution in [2.75, 3.05) is 26.9 Å². The van der Waals surface area contributed by atoms with Crippen LogP contribution in [0.3, 0.4) is 0 Å². The average Bonchev–Trinajstić information content (AvgIpc) is 0.883. The minimum atomic E-state index is -0.609. The first-order chi connectivity index (χ1) is 60.5. The molecule has 0 fully saturated rings. The molecule has 1 radical (unpaired) electrons. The van der Waals surface area contributed by atoms with Crippen molar-refractivity contribution in [1.29, 1.82) is 5.26 Å². The number of nitriles is 1. The van der Waals surface area contributed by atoms with Crippen LogP contribution in [0.25, 0.3) is 99.4 Å². The van der Waals surface area contributed by atoms with Gasteiger partial charge in [0.1, 0.15) is 6.61 Å². The summed E-state index contributed by atoms with van der Waals surface area (Å²) >= 11 is 0. The minimum absolute atomic E-state index is 0. The van der Waals surface area contributed by atoms with Crippen LogP contribution in [0, 0.1) is 40.9 Å². The summed E-state index contributed by atoms with van der Waals surface area (Å²) in [7, 11) is 1.26. The Hall–Kier alpha value is -12.4. The van der Waals surface area contributed by atoms with Crippen molar-refractivity contribution in [2.24, 2.45) is 10.8 Å². The van der Waals surface area contributed by atoms with Crippen molar-refractivity contribution in [3.63, 3.8) is 0 Å². The molecule has 3 N–H and O–H groups in total. The standard InChI is InChI=1S/2C50H47N2O4.C11H24O2.Ir/c1-55-49(53)31-32-50(54)56-35-11-6-4-2-3-5-8-12-39-15-17-40(18-16-39)19-20-41-21-24-43(25-22-41)36-47(38-51)45-29-27-42(28-30-45)23-26-44-33-34-52-48(37-44)46-13-9-7-10-14-46;1-51-48(46-29-27-42(28-30-46)23-26-44-33-34-52-49(37-44)45-13-9-7-10-14-45)36-43-24-21-41(22-25-43)20-19-40-17-15-39(16-18-40)12-8-5-3-2-4-6-11-35-56-50(55)32-31-47(54)38-53;1-10(2,3)8(12)7-9(13)11(4,5)6;/h7,9-10,13,15-34,36-37H,2-6,8,11-12,35H2,1H3;7,9-10,13,15-34,36-37,53H,2-6,8,11-12,35,38H2;8-9,12-13H,7H2,1-6H3;/q2*-1;;/b20-19+,26-23+,32-31-,47-36+;20-19+,26-23+,32-31-,48-36-;;. The Kier molecular flexibility index (Phi) is 44.5. The van der Waals surface area contributed by atoms with Gasteiger partial charge in [0.15, 0.2) is 11.5 Å². The summed E-state index contributed by atoms with van der Waals surface area (Å²) in [6, 6.07) is 82.6. The zero-order chi connectivity index (χ0) is 89.3. The second-order valence-corrected chi connectivity index (χ2v) is 32.8. The van der Waals surface area contributed by atoms with E-state index in [0.717, 1.165) is 178 Å². The number of methoxy groups -OCH3 is 1. The summed E-state index contributed by atoms with van der Waals surface area (Å²) < 4.78 is 14.6. The van der Waals surface area contributed by atoms with Crippen LogP contribution in [0.15, 0.2) is 255 Å². The van der Waals surface area contributed by atoms with Gasteiger partial charge in [0, 0.05) is 57.1 Å². The third-order valence-corrected chi connectivity index (χ3v) is 20.8. The SMILES string of the molecule is CC(C)(C)C(O)CC(O)C(C)(C)C.COC(=O)/C=C\C(=O)OCCCCCCCCCc1ccc(/C=C/c2ccc(/C=C(\C#N)c3ccc(/C=C/c4ccnc(-c5[c-]cccc5)c4)cc3)cc2)cc1.[C-]#[N+]/C(=C\c1ccc(/C=C/c2ccc(CCCCCCCCCOC(=O)/C=C\C(=O)CO)cc2)cc1)c1ccc(/C=C/c2ccnc(-c3[c-]cccc3)c2)cc1.[Ir]. The van der Waals surface area contributed by atoms with Gasteiger partial charge < -0.3 is 39.5 Å². The molecule has 126 heavy (non-hydrogen) atoms. The first-order valence-corrected chi connectivity index (χ1v) is 43.2. The number of hydrogen-bond acceptors (Lipinski definition) is 13. The zero-order valence-electron chi connectivity index (χ0n) is 73.6. The summed E-state index contributed by atoms with van der Waals surface area (Å²) in [4.78, 5) is 57.7. The first kappa shape index (κ1) is 101. The predicted molar refractivity (Wildman–Crippen MR) is 511 cm³/mol. The quantitative estimate of drug-likeness (QED) is 0.00620. The van der Waals surface area contributed by atoms with Crippen molar-refractivity contribution in [1.82, 2.24) is 9.97 Å². The number of aryl methyl sites for hydroxylation is 2. The number of carbonyl (C=O) groups is 4. The van der Waals surface area contributed by atoms with Crippen LogP contribution in [0.4, 0.5) is 0 Å². The van der Waals surface area contributed by atoms with Crippen molar-refractivity contribution in [2.45, 2.75) is 163 Å². The summed E-state index contributed by atoms with van der Waals surface area (Å²) in [6.45, 7) is 19.8. The van der Waals surface area contributed by atoms with Crippen molar-refractivity contribution < 1.29 is 68.8 Å². The molecule has 10 rings (SSSR count). The number of hydrogen-bond donors (Lipinski definition) is 3. The number of allylic oxidation sites excluding steroid dienone is 1. The molecule has 14 nitrogen and oxygen atoms in total. The number of rotatable bonds is 41. The Balaban J connectivity index is 0.000000300. The number of ether oxygens (including phenoxy) is 3. The molecule has 2 atom stereocenters. The number of benzene rings is 8. The fourth-order valence-electron chi connectivity index (χ4n) is 12.9. The van der Waals surface area contributed by atoms with Crippen molar-refractivity contribution in [3.05, 3.63) is 357 Å². The molecule has 0 aliphatic heterocycles. The molecule has 0 aliphatic carbocycles. The number of aliphatic hydroxyl groups is 3. The third kappa shape index (κ3) is 38.8. The van der Waals surface area contributed by atoms with E-state index in [1.807, 2.05) is 206 Å². The molecule has 0 bridgehead atoms. The van der Waals surface area contributed by atoms with E-state index in [1.165, 1.54) is 56.8 Å². The van der Waals surface area contributed by atoms with E-state index in [2.05, 4.69) is 165 Å². The number of carbonyl (C=O) groups excluding carboxylic acids is 4. The molecule has 15 heteroatoms. The summed E-state index contributed by atoms with van der Waals surface area (Å²) in [6.07, 6.45) is 45.5. The number of ketones is 1. The van der Waals surface area contributed by atoms with Crippen LogP contribution in [-0.4, -0.2) is 88.1 Å². The van der Waals surface area contributed by atoms with E-state index in [-0.39, 0.29) is 30.9 Å². The Morgan fingerprint density at radius 3 is 1.14 bits per heavy atom. The topological polar surface area (TPSA) is 211 Å². The normalized spacial score (nSPS) is 12.3. The predicted octanol–water partition coefficient (Wildman–Crippen LogP) is 24.9. The van der Waals surface area contributed by atoms with Gasteiger partial charge in [0.25, 0.3) is 0 Å². The molecule has 0 spiro atoms. The number of esters is 3. The first-order valence-electron chi connectivity index (χ1n) is 43.2. The molecule has 8 aromatic carbocycles. The Bertz CT molecular complexity index is 4980. The molecule has 2 heterocycles. The van der Waals surface area contributed by atoms with E-state index in [0.29, 0.717) is 30.9 Å². The zero-order valence-corrected chi connectivity index (χ0v) is 76.0. The average molecular weight is 1860 g/mol. The van der Waals surface area contributed by atoms with Crippen molar-refractivity contribution >= 4 is 95.7 Å². The molecule has 2 aromatic heterocycles. The second-order valence-electron chi connectivity index (χ2n) is 32.8. The van der Waals surface area contributed by atoms with Gasteiger partial charge in [-0.15, -0.1) is 71.8 Å². The van der Waals surface area contributed by atoms with Gasteiger partial charge in [-0.05, 0) is 169 Å². The van der Waals surface area contributed by atoms with Gasteiger partial charge in [0.2, 0.25) is 0 Å². The minimum Gasteiger partial charge on any atom is -0.466 e. The maximum absolute atomic E-state index is 11.5. The monoisotopic (exact) mass is 1860 g/mol. The summed E-state index contributed by atoms with van der Waals surface area (Å²) in [5.74, 6) is -2.16. The van der Waals surface area contributed by atoms with Crippen LogP contribution < -0.4 is 0 Å². The molecule has 10 aromatic rings. The van der Waals surface area contributed by atoms with E-state index < -0.39 is 42.5 Å². The van der Waals surface area contributed by atoms with Crippen LogP contribution in [0.2, 0.25) is 0 Å². The molecule has 653 valence electrons. The molecule has 0 amide bonds. The Morgan fingerprint density at radius 1 is 0.437 bits per heavy atom. The Morgan fingerprint density at radius 2 is 0.778 bits per heavy atom. The number of aromatic nitrogens is 2. The smallest absolute Gasteiger partial charge is 0.331 e. The largest absolute Gasteiger partial charge is 0.466 e. The molecule has 0 saturated carbocycles. The van der Waals surface area contributed by atoms with Gasteiger partial charge in [-0.25, -0.2) is 19.2 Å². The molecule has 0 saturated heterocycles. The molecular weight excluding hydrogens is 1740 g/mol. The van der Waals surface area contributed by atoms with Crippen molar-refractivity contribution in [3.8, 4) is 28.6 Å². The number of unbranched alkanes of at least 4 members (excludes halogenated alkanes) is 12. The van der Waals surface area contributed by atoms with Gasteiger partial charge in [0.05, 0.1) is 50.7 Å². The maximum atomic E-state index is 11.5.